The summed E-state index contributed by atoms with van der Waals surface area (Å²) in [6.45, 7) is 3.27. The molecule has 1 fully saturated rings. The van der Waals surface area contributed by atoms with Crippen molar-refractivity contribution in [1.29, 1.82) is 0 Å². The zero-order valence-electron chi connectivity index (χ0n) is 14.9. The molecule has 26 heavy (non-hydrogen) atoms. The number of ether oxygens (including phenoxy) is 1. The molecule has 3 aromatic rings. The van der Waals surface area contributed by atoms with Gasteiger partial charge in [0.15, 0.2) is 0 Å². The number of hydrogen-bond acceptors (Lipinski definition) is 4. The van der Waals surface area contributed by atoms with Crippen molar-refractivity contribution >= 4 is 27.3 Å². The Hall–Kier alpha value is -2.37. The molecule has 134 valence electrons. The first-order valence-corrected chi connectivity index (χ1v) is 9.57. The van der Waals surface area contributed by atoms with E-state index in [1.165, 1.54) is 5.56 Å². The van der Waals surface area contributed by atoms with E-state index in [1.54, 1.807) is 18.4 Å². The molecule has 1 amide bonds. The van der Waals surface area contributed by atoms with Gasteiger partial charge in [-0.25, -0.2) is 0 Å². The number of nitrogens with two attached hydrogens (primary N) is 1. The molecule has 2 aromatic carbocycles. The topological polar surface area (TPSA) is 55.6 Å². The second kappa shape index (κ2) is 6.74. The van der Waals surface area contributed by atoms with Crippen molar-refractivity contribution in [3.8, 4) is 5.75 Å². The summed E-state index contributed by atoms with van der Waals surface area (Å²) in [7, 11) is 1.66. The predicted octanol–water partition coefficient (Wildman–Crippen LogP) is 3.79. The van der Waals surface area contributed by atoms with Crippen molar-refractivity contribution in [1.82, 2.24) is 4.90 Å². The fraction of sp³-hybridized carbons (Fsp3) is 0.286. The zero-order valence-corrected chi connectivity index (χ0v) is 15.8. The van der Waals surface area contributed by atoms with Gasteiger partial charge in [0.25, 0.3) is 5.91 Å². The quantitative estimate of drug-likeness (QED) is 0.767. The van der Waals surface area contributed by atoms with Crippen LogP contribution in [0.25, 0.3) is 10.1 Å². The highest BCUT2D eigenvalue weighted by atomic mass is 32.1. The van der Waals surface area contributed by atoms with Gasteiger partial charge in [-0.1, -0.05) is 30.3 Å². The number of benzene rings is 2. The van der Waals surface area contributed by atoms with E-state index in [-0.39, 0.29) is 17.9 Å². The molecule has 4 nitrogen and oxygen atoms in total. The first kappa shape index (κ1) is 17.1. The second-order valence-corrected chi connectivity index (χ2v) is 7.86. The molecule has 0 spiro atoms. The molecule has 0 saturated carbocycles. The van der Waals surface area contributed by atoms with Crippen LogP contribution in [-0.4, -0.2) is 37.0 Å². The molecule has 1 saturated heterocycles. The van der Waals surface area contributed by atoms with Gasteiger partial charge in [0.05, 0.1) is 12.0 Å². The van der Waals surface area contributed by atoms with Crippen molar-refractivity contribution in [3.05, 3.63) is 64.5 Å². The molecule has 0 unspecified atom stereocenters. The van der Waals surface area contributed by atoms with Crippen molar-refractivity contribution in [3.63, 3.8) is 0 Å². The third-order valence-corrected chi connectivity index (χ3v) is 6.48. The molecule has 0 aliphatic carbocycles. The number of hydrogen-bond donors (Lipinski definition) is 1. The van der Waals surface area contributed by atoms with Crippen LogP contribution in [0.15, 0.2) is 48.5 Å². The van der Waals surface area contributed by atoms with Gasteiger partial charge in [-0.05, 0) is 41.6 Å². The van der Waals surface area contributed by atoms with Crippen molar-refractivity contribution in [2.75, 3.05) is 20.2 Å². The Morgan fingerprint density at radius 3 is 2.69 bits per heavy atom. The van der Waals surface area contributed by atoms with Crippen molar-refractivity contribution in [2.45, 2.75) is 18.9 Å². The van der Waals surface area contributed by atoms with Crippen LogP contribution < -0.4 is 10.5 Å². The lowest BCUT2D eigenvalue weighted by Gasteiger charge is -2.16. The van der Waals surface area contributed by atoms with Crippen molar-refractivity contribution in [2.24, 2.45) is 5.73 Å². The molecule has 0 radical (unpaired) electrons. The second-order valence-electron chi connectivity index (χ2n) is 6.81. The number of aryl methyl sites for hydroxylation is 1. The maximum atomic E-state index is 13.2. The highest BCUT2D eigenvalue weighted by Gasteiger charge is 2.35. The molecule has 1 aromatic heterocycles. The number of nitrogens with zero attached hydrogens (tertiary/aromatic N) is 1. The van der Waals surface area contributed by atoms with E-state index in [4.69, 9.17) is 10.5 Å². The number of rotatable bonds is 3. The number of carbonyl (C=O) groups is 1. The average Bonchev–Trinajstić information content (AvgIpc) is 3.22. The van der Waals surface area contributed by atoms with E-state index < -0.39 is 0 Å². The van der Waals surface area contributed by atoms with Gasteiger partial charge >= 0.3 is 0 Å². The molecule has 2 atom stereocenters. The molecule has 1 aliphatic rings. The van der Waals surface area contributed by atoms with Crippen molar-refractivity contribution < 1.29 is 9.53 Å². The summed E-state index contributed by atoms with van der Waals surface area (Å²) in [6.07, 6.45) is 0. The number of methoxy groups -OCH3 is 1. The minimum absolute atomic E-state index is 0.0314. The monoisotopic (exact) mass is 366 g/mol. The summed E-state index contributed by atoms with van der Waals surface area (Å²) in [4.78, 5) is 15.9. The van der Waals surface area contributed by atoms with E-state index in [2.05, 4.69) is 12.1 Å². The largest absolute Gasteiger partial charge is 0.497 e. The van der Waals surface area contributed by atoms with E-state index in [9.17, 15) is 4.79 Å². The average molecular weight is 366 g/mol. The van der Waals surface area contributed by atoms with Gasteiger partial charge in [-0.2, -0.15) is 0 Å². The smallest absolute Gasteiger partial charge is 0.264 e. The fourth-order valence-corrected chi connectivity index (χ4v) is 4.88. The SMILES string of the molecule is COc1ccc2sc(C(=O)N3C[C@@H](N)[C@H](c4ccccc4)C3)c(C)c2c1. The summed E-state index contributed by atoms with van der Waals surface area (Å²) in [5.74, 6) is 1.08. The minimum atomic E-state index is -0.0314. The lowest BCUT2D eigenvalue weighted by molar-refractivity contribution is 0.0793. The molecule has 2 N–H and O–H groups in total. The Morgan fingerprint density at radius 1 is 1.19 bits per heavy atom. The number of likely N-dealkylation sites (tertiary alicyclic amines) is 1. The van der Waals surface area contributed by atoms with Gasteiger partial charge in [0, 0.05) is 29.7 Å². The molecule has 0 bridgehead atoms. The van der Waals surface area contributed by atoms with Crippen LogP contribution in [0.5, 0.6) is 5.75 Å². The van der Waals surface area contributed by atoms with Crippen LogP contribution >= 0.6 is 11.3 Å². The number of amides is 1. The Bertz CT molecular complexity index is 951. The van der Waals surface area contributed by atoms with Gasteiger partial charge in [-0.3, -0.25) is 4.79 Å². The summed E-state index contributed by atoms with van der Waals surface area (Å²) >= 11 is 1.55. The van der Waals surface area contributed by atoms with E-state index in [0.717, 1.165) is 26.3 Å². The van der Waals surface area contributed by atoms with Crippen LogP contribution in [0.3, 0.4) is 0 Å². The molecular weight excluding hydrogens is 344 g/mol. The first-order chi connectivity index (χ1) is 12.6. The lowest BCUT2D eigenvalue weighted by atomic mass is 9.95. The summed E-state index contributed by atoms with van der Waals surface area (Å²) in [5, 5.41) is 1.08. The van der Waals surface area contributed by atoms with Crippen LogP contribution in [-0.2, 0) is 0 Å². The fourth-order valence-electron chi connectivity index (χ4n) is 3.72. The molecule has 2 heterocycles. The molecular formula is C21H22N2O2S. The highest BCUT2D eigenvalue weighted by molar-refractivity contribution is 7.21. The summed E-state index contributed by atoms with van der Waals surface area (Å²) in [6, 6.07) is 16.2. The third kappa shape index (κ3) is 2.87. The van der Waals surface area contributed by atoms with Gasteiger partial charge < -0.3 is 15.4 Å². The van der Waals surface area contributed by atoms with E-state index >= 15 is 0 Å². The van der Waals surface area contributed by atoms with Crippen LogP contribution in [0.1, 0.15) is 26.7 Å². The molecule has 5 heteroatoms. The Labute approximate surface area is 157 Å². The Balaban J connectivity index is 1.62. The third-order valence-electron chi connectivity index (χ3n) is 5.22. The standard InChI is InChI=1S/C21H22N2O2S/c1-13-16-10-15(25-2)8-9-19(16)26-20(13)21(24)23-11-17(18(22)12-23)14-6-4-3-5-7-14/h3-10,17-18H,11-12,22H2,1-2H3/t17-,18+/m0/s1. The van der Waals surface area contributed by atoms with Crippen LogP contribution in [0.2, 0.25) is 0 Å². The predicted molar refractivity (Wildman–Crippen MR) is 106 cm³/mol. The van der Waals surface area contributed by atoms with E-state index in [0.29, 0.717) is 13.1 Å². The van der Waals surface area contributed by atoms with Gasteiger partial charge in [0.2, 0.25) is 0 Å². The zero-order chi connectivity index (χ0) is 18.3. The van der Waals surface area contributed by atoms with Gasteiger partial charge in [-0.15, -0.1) is 11.3 Å². The molecule has 4 rings (SSSR count). The highest BCUT2D eigenvalue weighted by Crippen LogP contribution is 2.35. The maximum absolute atomic E-state index is 13.2. The lowest BCUT2D eigenvalue weighted by Crippen LogP contribution is -2.32. The first-order valence-electron chi connectivity index (χ1n) is 8.75. The number of fused-ring (bicyclic) bond motifs is 1. The minimum Gasteiger partial charge on any atom is -0.497 e. The Morgan fingerprint density at radius 2 is 1.96 bits per heavy atom. The number of thiophene rings is 1. The summed E-state index contributed by atoms with van der Waals surface area (Å²) in [5.41, 5.74) is 8.58. The maximum Gasteiger partial charge on any atom is 0.264 e. The number of carbonyl (C=O) groups excluding carboxylic acids is 1. The van der Waals surface area contributed by atoms with Crippen LogP contribution in [0, 0.1) is 6.92 Å². The molecule has 1 aliphatic heterocycles. The summed E-state index contributed by atoms with van der Waals surface area (Å²) < 4.78 is 6.42. The normalized spacial score (nSPS) is 19.9. The Kier molecular flexibility index (Phi) is 4.42. The van der Waals surface area contributed by atoms with E-state index in [1.807, 2.05) is 48.2 Å². The van der Waals surface area contributed by atoms with Crippen LogP contribution in [0.4, 0.5) is 0 Å². The van der Waals surface area contributed by atoms with Gasteiger partial charge in [0.1, 0.15) is 5.75 Å².